The molecule has 0 aromatic heterocycles. The van der Waals surface area contributed by atoms with Crippen LogP contribution in [0.2, 0.25) is 0 Å². The standard InChI is InChI=1S/C14H27N.C10H12/c1-3-5-12-15(13-6-4-2)14-10-8-7-9-11-14;1-2-6-10-8-4-3-7-9(10)5-1/h10H,3-9,11-13H2,1-2H3;1-2,5-6H,3-4,7-8H2. The maximum atomic E-state index is 2.64. The van der Waals surface area contributed by atoms with Crippen LogP contribution in [-0.2, 0) is 12.8 Å². The van der Waals surface area contributed by atoms with Gasteiger partial charge in [-0.3, -0.25) is 0 Å². The molecular formula is C24H39N. The molecule has 0 N–H and O–H groups in total. The van der Waals surface area contributed by atoms with Crippen molar-refractivity contribution in [2.75, 3.05) is 13.1 Å². The highest BCUT2D eigenvalue weighted by molar-refractivity contribution is 5.28. The van der Waals surface area contributed by atoms with E-state index in [1.54, 1.807) is 16.8 Å². The van der Waals surface area contributed by atoms with Gasteiger partial charge in [0.1, 0.15) is 0 Å². The van der Waals surface area contributed by atoms with E-state index < -0.39 is 0 Å². The van der Waals surface area contributed by atoms with Gasteiger partial charge in [-0.15, -0.1) is 0 Å². The van der Waals surface area contributed by atoms with E-state index in [4.69, 9.17) is 0 Å². The molecular weight excluding hydrogens is 302 g/mol. The van der Waals surface area contributed by atoms with E-state index in [0.29, 0.717) is 0 Å². The number of fused-ring (bicyclic) bond motifs is 1. The third-order valence-electron chi connectivity index (χ3n) is 5.50. The van der Waals surface area contributed by atoms with Gasteiger partial charge in [-0.2, -0.15) is 0 Å². The fraction of sp³-hybridized carbons (Fsp3) is 0.667. The SMILES string of the molecule is CCCCN(CCCC)C1=CCCCC1.c1ccc2c(c1)CCCC2. The molecule has 0 fully saturated rings. The molecule has 1 aromatic rings. The predicted octanol–water partition coefficient (Wildman–Crippen LogP) is 6.91. The van der Waals surface area contributed by atoms with Crippen molar-refractivity contribution in [3.05, 3.63) is 47.2 Å². The quantitative estimate of drug-likeness (QED) is 0.520. The highest BCUT2D eigenvalue weighted by Gasteiger charge is 2.11. The van der Waals surface area contributed by atoms with Crippen LogP contribution in [0.5, 0.6) is 0 Å². The number of unbranched alkanes of at least 4 members (excludes halogenated alkanes) is 2. The molecule has 3 rings (SSSR count). The first-order valence-electron chi connectivity index (χ1n) is 10.9. The summed E-state index contributed by atoms with van der Waals surface area (Å²) in [5, 5.41) is 0. The van der Waals surface area contributed by atoms with Gasteiger partial charge in [0.05, 0.1) is 0 Å². The zero-order chi connectivity index (χ0) is 17.7. The van der Waals surface area contributed by atoms with E-state index >= 15 is 0 Å². The molecule has 0 bridgehead atoms. The Morgan fingerprint density at radius 3 is 1.80 bits per heavy atom. The first-order valence-corrected chi connectivity index (χ1v) is 10.9. The number of benzene rings is 1. The van der Waals surface area contributed by atoms with Crippen molar-refractivity contribution in [3.8, 4) is 0 Å². The molecule has 0 heterocycles. The molecule has 0 saturated heterocycles. The largest absolute Gasteiger partial charge is 0.375 e. The van der Waals surface area contributed by atoms with Crippen molar-refractivity contribution in [2.24, 2.45) is 0 Å². The van der Waals surface area contributed by atoms with Crippen LogP contribution in [-0.4, -0.2) is 18.0 Å². The van der Waals surface area contributed by atoms with Gasteiger partial charge in [0.2, 0.25) is 0 Å². The van der Waals surface area contributed by atoms with Gasteiger partial charge in [0.15, 0.2) is 0 Å². The van der Waals surface area contributed by atoms with Crippen LogP contribution in [0.25, 0.3) is 0 Å². The molecule has 25 heavy (non-hydrogen) atoms. The molecule has 0 atom stereocenters. The molecule has 1 aromatic carbocycles. The van der Waals surface area contributed by atoms with Gasteiger partial charge in [-0.05, 0) is 75.3 Å². The molecule has 2 aliphatic carbocycles. The minimum Gasteiger partial charge on any atom is -0.375 e. The Morgan fingerprint density at radius 1 is 0.760 bits per heavy atom. The van der Waals surface area contributed by atoms with E-state index in [1.807, 2.05) is 0 Å². The first kappa shape index (κ1) is 20.1. The summed E-state index contributed by atoms with van der Waals surface area (Å²) in [6.07, 6.45) is 18.6. The lowest BCUT2D eigenvalue weighted by molar-refractivity contribution is 0.311. The summed E-state index contributed by atoms with van der Waals surface area (Å²) < 4.78 is 0. The van der Waals surface area contributed by atoms with Gasteiger partial charge in [-0.1, -0.05) is 57.0 Å². The summed E-state index contributed by atoms with van der Waals surface area (Å²) >= 11 is 0. The lowest BCUT2D eigenvalue weighted by Crippen LogP contribution is -2.26. The van der Waals surface area contributed by atoms with E-state index in [0.717, 1.165) is 0 Å². The number of aryl methyl sites for hydroxylation is 2. The summed E-state index contributed by atoms with van der Waals surface area (Å²) in [6, 6.07) is 8.80. The number of allylic oxidation sites excluding steroid dienone is 2. The number of hydrogen-bond donors (Lipinski definition) is 0. The minimum absolute atomic E-state index is 1.28. The summed E-state index contributed by atoms with van der Waals surface area (Å²) in [5.41, 5.74) is 4.80. The lowest BCUT2D eigenvalue weighted by atomic mass is 9.92. The lowest BCUT2D eigenvalue weighted by Gasteiger charge is -2.29. The Morgan fingerprint density at radius 2 is 1.32 bits per heavy atom. The van der Waals surface area contributed by atoms with Crippen molar-refractivity contribution in [2.45, 2.75) is 90.9 Å². The van der Waals surface area contributed by atoms with Crippen LogP contribution in [0, 0.1) is 0 Å². The Balaban J connectivity index is 0.000000194. The summed E-state index contributed by atoms with van der Waals surface area (Å²) in [7, 11) is 0. The highest BCUT2D eigenvalue weighted by atomic mass is 15.1. The second kappa shape index (κ2) is 12.2. The normalized spacial score (nSPS) is 16.3. The maximum absolute atomic E-state index is 2.64. The van der Waals surface area contributed by atoms with Crippen LogP contribution in [0.4, 0.5) is 0 Å². The Kier molecular flexibility index (Phi) is 9.77. The van der Waals surface area contributed by atoms with Crippen LogP contribution in [0.3, 0.4) is 0 Å². The number of nitrogens with zero attached hydrogens (tertiary/aromatic N) is 1. The topological polar surface area (TPSA) is 3.24 Å². The highest BCUT2D eigenvalue weighted by Crippen LogP contribution is 2.22. The fourth-order valence-electron chi connectivity index (χ4n) is 3.88. The molecule has 140 valence electrons. The summed E-state index contributed by atoms with van der Waals surface area (Å²) in [4.78, 5) is 2.64. The third-order valence-corrected chi connectivity index (χ3v) is 5.50. The smallest absolute Gasteiger partial charge is 0.0174 e. The zero-order valence-electron chi connectivity index (χ0n) is 16.7. The Bertz CT molecular complexity index is 470. The van der Waals surface area contributed by atoms with Crippen molar-refractivity contribution in [3.63, 3.8) is 0 Å². The van der Waals surface area contributed by atoms with Gasteiger partial charge in [0, 0.05) is 18.8 Å². The molecule has 0 amide bonds. The average molecular weight is 342 g/mol. The Labute approximate surface area is 156 Å². The second-order valence-electron chi connectivity index (χ2n) is 7.61. The van der Waals surface area contributed by atoms with Crippen molar-refractivity contribution < 1.29 is 0 Å². The maximum Gasteiger partial charge on any atom is 0.0174 e. The number of hydrogen-bond acceptors (Lipinski definition) is 1. The number of rotatable bonds is 7. The second-order valence-corrected chi connectivity index (χ2v) is 7.61. The molecule has 1 heteroatoms. The van der Waals surface area contributed by atoms with Crippen molar-refractivity contribution in [1.82, 2.24) is 4.90 Å². The van der Waals surface area contributed by atoms with Gasteiger partial charge >= 0.3 is 0 Å². The van der Waals surface area contributed by atoms with Crippen LogP contribution >= 0.6 is 0 Å². The molecule has 0 spiro atoms. The van der Waals surface area contributed by atoms with Crippen LogP contribution in [0.15, 0.2) is 36.0 Å². The van der Waals surface area contributed by atoms with E-state index in [2.05, 4.69) is 49.1 Å². The van der Waals surface area contributed by atoms with E-state index in [-0.39, 0.29) is 0 Å². The third kappa shape index (κ3) is 7.26. The van der Waals surface area contributed by atoms with Gasteiger partial charge in [-0.25, -0.2) is 0 Å². The van der Waals surface area contributed by atoms with E-state index in [9.17, 15) is 0 Å². The molecule has 0 aliphatic heterocycles. The fourth-order valence-corrected chi connectivity index (χ4v) is 3.88. The van der Waals surface area contributed by atoms with Gasteiger partial charge < -0.3 is 4.90 Å². The van der Waals surface area contributed by atoms with Crippen LogP contribution in [0.1, 0.15) is 89.2 Å². The molecule has 0 saturated carbocycles. The Hall–Kier alpha value is -1.24. The predicted molar refractivity (Wildman–Crippen MR) is 111 cm³/mol. The summed E-state index contributed by atoms with van der Waals surface area (Å²) in [5.74, 6) is 0. The summed E-state index contributed by atoms with van der Waals surface area (Å²) in [6.45, 7) is 7.13. The monoisotopic (exact) mass is 341 g/mol. The van der Waals surface area contributed by atoms with Crippen LogP contribution < -0.4 is 0 Å². The molecule has 2 aliphatic rings. The molecule has 0 unspecified atom stereocenters. The first-order chi connectivity index (χ1) is 12.3. The van der Waals surface area contributed by atoms with Gasteiger partial charge in [0.25, 0.3) is 0 Å². The van der Waals surface area contributed by atoms with Crippen molar-refractivity contribution in [1.29, 1.82) is 0 Å². The zero-order valence-corrected chi connectivity index (χ0v) is 16.7. The molecule has 0 radical (unpaired) electrons. The average Bonchev–Trinajstić information content (AvgIpc) is 2.69. The van der Waals surface area contributed by atoms with E-state index in [1.165, 1.54) is 90.1 Å². The van der Waals surface area contributed by atoms with Crippen molar-refractivity contribution >= 4 is 0 Å². The molecule has 1 nitrogen and oxygen atoms in total. The minimum atomic E-state index is 1.28.